The van der Waals surface area contributed by atoms with Gasteiger partial charge in [0.05, 0.1) is 12.2 Å². The molecule has 0 radical (unpaired) electrons. The van der Waals surface area contributed by atoms with Crippen molar-refractivity contribution in [2.24, 2.45) is 7.05 Å². The Kier molecular flexibility index (Phi) is 5.37. The van der Waals surface area contributed by atoms with Gasteiger partial charge >= 0.3 is 0 Å². The maximum absolute atomic E-state index is 13.8. The summed E-state index contributed by atoms with van der Waals surface area (Å²) in [6, 6.07) is 7.00. The fraction of sp³-hybridized carbons (Fsp3) is 0.286. The molecule has 1 aliphatic heterocycles. The predicted molar refractivity (Wildman–Crippen MR) is 110 cm³/mol. The van der Waals surface area contributed by atoms with Crippen molar-refractivity contribution < 1.29 is 14.0 Å². The zero-order valence-corrected chi connectivity index (χ0v) is 17.1. The molecular weight excluding hydrogens is 403 g/mol. The van der Waals surface area contributed by atoms with Gasteiger partial charge < -0.3 is 14.8 Å². The minimum atomic E-state index is -0.788. The van der Waals surface area contributed by atoms with Gasteiger partial charge in [0.15, 0.2) is 0 Å². The van der Waals surface area contributed by atoms with E-state index in [9.17, 15) is 18.8 Å². The smallest absolute Gasteiger partial charge is 0.291 e. The number of hydrogen-bond acceptors (Lipinski definition) is 5. The molecule has 0 spiro atoms. The number of halogens is 1. The third-order valence-corrected chi connectivity index (χ3v) is 5.32. The molecule has 0 saturated heterocycles. The Hall–Kier alpha value is -3.82. The van der Waals surface area contributed by atoms with Crippen molar-refractivity contribution >= 4 is 17.5 Å². The molecule has 1 aromatic carbocycles. The lowest BCUT2D eigenvalue weighted by atomic mass is 10.1. The summed E-state index contributed by atoms with van der Waals surface area (Å²) in [7, 11) is 3.23. The largest absolute Gasteiger partial charge is 0.337 e. The van der Waals surface area contributed by atoms with Gasteiger partial charge in [-0.2, -0.15) is 0 Å². The lowest BCUT2D eigenvalue weighted by Gasteiger charge is -2.22. The van der Waals surface area contributed by atoms with Crippen molar-refractivity contribution in [3.63, 3.8) is 0 Å². The van der Waals surface area contributed by atoms with Crippen LogP contribution in [0.3, 0.4) is 0 Å². The van der Waals surface area contributed by atoms with E-state index in [1.165, 1.54) is 32.6 Å². The second kappa shape index (κ2) is 8.13. The van der Waals surface area contributed by atoms with Crippen LogP contribution in [0.5, 0.6) is 0 Å². The molecular formula is C21H21FN6O3. The topological polar surface area (TPSA) is 102 Å². The summed E-state index contributed by atoms with van der Waals surface area (Å²) in [5.74, 6) is -1.37. The average molecular weight is 424 g/mol. The Bertz CT molecular complexity index is 1220. The summed E-state index contributed by atoms with van der Waals surface area (Å²) in [6.45, 7) is 0.127. The highest BCUT2D eigenvalue weighted by Crippen LogP contribution is 2.24. The molecule has 4 rings (SSSR count). The van der Waals surface area contributed by atoms with Crippen molar-refractivity contribution in [2.45, 2.75) is 25.4 Å². The van der Waals surface area contributed by atoms with Crippen LogP contribution in [-0.2, 0) is 24.8 Å². The Morgan fingerprint density at radius 2 is 2.03 bits per heavy atom. The first-order valence-electron chi connectivity index (χ1n) is 9.74. The van der Waals surface area contributed by atoms with Crippen molar-refractivity contribution in [1.29, 1.82) is 0 Å². The number of likely N-dealkylation sites (N-methyl/N-ethyl adjacent to an activating group) is 1. The Balaban J connectivity index is 1.48. The maximum Gasteiger partial charge on any atom is 0.291 e. The van der Waals surface area contributed by atoms with Gasteiger partial charge in [0.25, 0.3) is 11.5 Å². The quantitative estimate of drug-likeness (QED) is 0.670. The number of pyridine rings is 1. The van der Waals surface area contributed by atoms with Crippen LogP contribution in [0, 0.1) is 5.82 Å². The van der Waals surface area contributed by atoms with E-state index in [0.29, 0.717) is 24.1 Å². The Morgan fingerprint density at radius 1 is 1.26 bits per heavy atom. The standard InChI is InChI=1S/C21H21FN6O3/c1-26-11-17-13(9-18(26)29)7-8-16(21(31)27(17)2)24-20(30)19-23-12-28(25-19)10-14-5-3-4-6-15(14)22/h3-6,9,11-12,16H,7-8,10H2,1-2H3,(H,24,30)/t16-/m1/s1. The van der Waals surface area contributed by atoms with Gasteiger partial charge in [-0.3, -0.25) is 14.4 Å². The number of carbonyl (C=O) groups is 2. The van der Waals surface area contributed by atoms with Gasteiger partial charge in [-0.25, -0.2) is 14.1 Å². The number of amides is 2. The highest BCUT2D eigenvalue weighted by Gasteiger charge is 2.30. The molecule has 3 aromatic rings. The highest BCUT2D eigenvalue weighted by atomic mass is 19.1. The number of nitrogens with one attached hydrogen (secondary N) is 1. The number of benzene rings is 1. The molecule has 0 unspecified atom stereocenters. The number of nitrogens with zero attached hydrogens (tertiary/aromatic N) is 5. The molecule has 0 aliphatic carbocycles. The van der Waals surface area contributed by atoms with E-state index >= 15 is 0 Å². The lowest BCUT2D eigenvalue weighted by molar-refractivity contribution is -0.120. The number of aryl methyl sites for hydroxylation is 2. The van der Waals surface area contributed by atoms with E-state index in [1.807, 2.05) is 0 Å². The molecule has 2 amide bonds. The number of hydrogen-bond donors (Lipinski definition) is 1. The number of rotatable bonds is 4. The molecule has 160 valence electrons. The molecule has 0 fully saturated rings. The molecule has 1 aliphatic rings. The van der Waals surface area contributed by atoms with E-state index in [-0.39, 0.29) is 29.7 Å². The van der Waals surface area contributed by atoms with Crippen LogP contribution in [-0.4, -0.2) is 44.2 Å². The maximum atomic E-state index is 13.8. The third-order valence-electron chi connectivity index (χ3n) is 5.32. The summed E-state index contributed by atoms with van der Waals surface area (Å²) in [5, 5.41) is 6.78. The van der Waals surface area contributed by atoms with E-state index < -0.39 is 11.9 Å². The molecule has 3 heterocycles. The lowest BCUT2D eigenvalue weighted by Crippen LogP contribution is -2.47. The Labute approximate surface area is 177 Å². The van der Waals surface area contributed by atoms with Crippen LogP contribution in [0.15, 0.2) is 47.7 Å². The van der Waals surface area contributed by atoms with Gasteiger partial charge in [0.2, 0.25) is 11.7 Å². The molecule has 9 nitrogen and oxygen atoms in total. The van der Waals surface area contributed by atoms with Crippen molar-refractivity contribution in [3.8, 4) is 0 Å². The summed E-state index contributed by atoms with van der Waals surface area (Å²) in [5.41, 5.74) is 1.65. The molecule has 1 N–H and O–H groups in total. The van der Waals surface area contributed by atoms with Gasteiger partial charge in [-0.05, 0) is 24.5 Å². The van der Waals surface area contributed by atoms with Crippen molar-refractivity contribution in [1.82, 2.24) is 24.6 Å². The van der Waals surface area contributed by atoms with Crippen LogP contribution < -0.4 is 15.8 Å². The second-order valence-electron chi connectivity index (χ2n) is 7.45. The number of fused-ring (bicyclic) bond motifs is 1. The van der Waals surface area contributed by atoms with Crippen LogP contribution in [0.4, 0.5) is 10.1 Å². The fourth-order valence-electron chi connectivity index (χ4n) is 3.57. The zero-order chi connectivity index (χ0) is 22.1. The first kappa shape index (κ1) is 20.5. The molecule has 2 aromatic heterocycles. The Morgan fingerprint density at radius 3 is 2.81 bits per heavy atom. The number of carbonyl (C=O) groups excluding carboxylic acids is 2. The highest BCUT2D eigenvalue weighted by molar-refractivity contribution is 6.01. The molecule has 31 heavy (non-hydrogen) atoms. The minimum absolute atomic E-state index is 0.109. The minimum Gasteiger partial charge on any atom is -0.337 e. The van der Waals surface area contributed by atoms with Crippen molar-refractivity contribution in [2.75, 3.05) is 11.9 Å². The normalized spacial score (nSPS) is 16.0. The molecule has 10 heteroatoms. The van der Waals surface area contributed by atoms with Crippen molar-refractivity contribution in [3.05, 3.63) is 76.0 Å². The van der Waals surface area contributed by atoms with Gasteiger partial charge in [-0.15, -0.1) is 5.10 Å². The fourth-order valence-corrected chi connectivity index (χ4v) is 3.57. The zero-order valence-electron chi connectivity index (χ0n) is 17.1. The van der Waals surface area contributed by atoms with Gasteiger partial charge in [-0.1, -0.05) is 18.2 Å². The second-order valence-corrected chi connectivity index (χ2v) is 7.45. The third kappa shape index (κ3) is 4.09. The van der Waals surface area contributed by atoms with Crippen LogP contribution in [0.2, 0.25) is 0 Å². The SMILES string of the molecule is CN1C(=O)[C@H](NC(=O)c2ncn(Cc3ccccc3F)n2)CCc2cc(=O)n(C)cc21. The van der Waals surface area contributed by atoms with Crippen LogP contribution >= 0.6 is 0 Å². The summed E-state index contributed by atoms with van der Waals surface area (Å²) in [4.78, 5) is 42.9. The number of aromatic nitrogens is 4. The summed E-state index contributed by atoms with van der Waals surface area (Å²) in [6.07, 6.45) is 3.76. The summed E-state index contributed by atoms with van der Waals surface area (Å²) >= 11 is 0. The van der Waals surface area contributed by atoms with Gasteiger partial charge in [0.1, 0.15) is 18.2 Å². The predicted octanol–water partition coefficient (Wildman–Crippen LogP) is 0.872. The van der Waals surface area contributed by atoms with Crippen LogP contribution in [0.25, 0.3) is 0 Å². The molecule has 0 bridgehead atoms. The average Bonchev–Trinajstić information content (AvgIpc) is 3.18. The summed E-state index contributed by atoms with van der Waals surface area (Å²) < 4.78 is 16.6. The monoisotopic (exact) mass is 424 g/mol. The van der Waals surface area contributed by atoms with E-state index in [4.69, 9.17) is 0 Å². The van der Waals surface area contributed by atoms with Crippen LogP contribution in [0.1, 0.15) is 28.2 Å². The number of anilines is 1. The molecule has 1 atom stereocenters. The first-order valence-corrected chi connectivity index (χ1v) is 9.74. The van der Waals surface area contributed by atoms with E-state index in [2.05, 4.69) is 15.4 Å². The molecule has 0 saturated carbocycles. The van der Waals surface area contributed by atoms with E-state index in [0.717, 1.165) is 5.56 Å². The van der Waals surface area contributed by atoms with E-state index in [1.54, 1.807) is 38.5 Å². The van der Waals surface area contributed by atoms with Gasteiger partial charge in [0, 0.05) is 31.9 Å². The first-order chi connectivity index (χ1) is 14.8.